The highest BCUT2D eigenvalue weighted by molar-refractivity contribution is 5.90. The molecule has 1 fully saturated rings. The van der Waals surface area contributed by atoms with Crippen molar-refractivity contribution in [3.05, 3.63) is 35.5 Å². The summed E-state index contributed by atoms with van der Waals surface area (Å²) in [6, 6.07) is 5.94. The molecule has 20 heavy (non-hydrogen) atoms. The van der Waals surface area contributed by atoms with Gasteiger partial charge in [-0.05, 0) is 25.0 Å². The fraction of sp³-hybridized carbons (Fsp3) is 0.400. The van der Waals surface area contributed by atoms with Crippen molar-refractivity contribution >= 4 is 16.6 Å². The number of rotatable bonds is 1. The predicted octanol–water partition coefficient (Wildman–Crippen LogP) is 3.58. The minimum atomic E-state index is -4.31. The summed E-state index contributed by atoms with van der Waals surface area (Å²) in [5, 5.41) is 0.852. The summed E-state index contributed by atoms with van der Waals surface area (Å²) in [5.74, 6) is 0. The van der Waals surface area contributed by atoms with Crippen LogP contribution in [0.4, 0.5) is 18.9 Å². The summed E-state index contributed by atoms with van der Waals surface area (Å²) >= 11 is 0. The maximum Gasteiger partial charge on any atom is 0.416 e. The van der Waals surface area contributed by atoms with E-state index in [1.54, 1.807) is 6.07 Å². The number of aromatic amines is 1. The predicted molar refractivity (Wildman–Crippen MR) is 71.7 cm³/mol. The Balaban J connectivity index is 2.17. The molecule has 0 spiro atoms. The molecule has 0 atom stereocenters. The fourth-order valence-electron chi connectivity index (χ4n) is 2.80. The number of nitrogens with one attached hydrogen (secondary N) is 1. The fourth-order valence-corrected chi connectivity index (χ4v) is 2.80. The quantitative estimate of drug-likeness (QED) is 0.781. The highest BCUT2D eigenvalue weighted by Crippen LogP contribution is 2.33. The van der Waals surface area contributed by atoms with E-state index in [0.717, 1.165) is 48.8 Å². The van der Waals surface area contributed by atoms with Crippen molar-refractivity contribution in [3.63, 3.8) is 0 Å². The van der Waals surface area contributed by atoms with Gasteiger partial charge in [-0.15, -0.1) is 0 Å². The van der Waals surface area contributed by atoms with Crippen LogP contribution in [0.25, 0.3) is 10.9 Å². The van der Waals surface area contributed by atoms with E-state index in [2.05, 4.69) is 9.88 Å². The molecule has 0 aliphatic carbocycles. The van der Waals surface area contributed by atoms with Gasteiger partial charge in [0.1, 0.15) is 0 Å². The smallest absolute Gasteiger partial charge is 0.371 e. The standard InChI is InChI=1S/C15H15F3N2/c1-10-8-14(20-6-2-3-7-20)12-5-4-11(15(16,17)18)9-13(12)19-10/h4-5,8-9H,2-3,6-7H2,1H3/p+1. The lowest BCUT2D eigenvalue weighted by Gasteiger charge is -2.19. The van der Waals surface area contributed by atoms with Crippen molar-refractivity contribution in [2.24, 2.45) is 0 Å². The number of pyridine rings is 1. The molecule has 3 rings (SSSR count). The molecule has 106 valence electrons. The van der Waals surface area contributed by atoms with E-state index in [4.69, 9.17) is 0 Å². The Kier molecular flexibility index (Phi) is 3.07. The Morgan fingerprint density at radius 1 is 1.10 bits per heavy atom. The minimum absolute atomic E-state index is 0.543. The molecular weight excluding hydrogens is 265 g/mol. The second kappa shape index (κ2) is 4.65. The van der Waals surface area contributed by atoms with Gasteiger partial charge in [0.25, 0.3) is 0 Å². The van der Waals surface area contributed by atoms with Crippen LogP contribution in [0, 0.1) is 6.92 Å². The topological polar surface area (TPSA) is 17.4 Å². The maximum atomic E-state index is 12.8. The number of fused-ring (bicyclic) bond motifs is 1. The summed E-state index contributed by atoms with van der Waals surface area (Å²) in [5.41, 5.74) is 1.84. The number of alkyl halides is 3. The highest BCUT2D eigenvalue weighted by Gasteiger charge is 2.32. The van der Waals surface area contributed by atoms with Crippen LogP contribution in [0.5, 0.6) is 0 Å². The molecular formula is C15H16F3N2+. The number of nitrogens with zero attached hydrogens (tertiary/aromatic N) is 1. The molecule has 0 unspecified atom stereocenters. The summed E-state index contributed by atoms with van der Waals surface area (Å²) < 4.78 is 38.4. The Labute approximate surface area is 115 Å². The summed E-state index contributed by atoms with van der Waals surface area (Å²) in [4.78, 5) is 5.29. The van der Waals surface area contributed by atoms with Crippen LogP contribution >= 0.6 is 0 Å². The molecule has 5 heteroatoms. The number of hydrogen-bond acceptors (Lipinski definition) is 1. The Bertz CT molecular complexity index is 643. The van der Waals surface area contributed by atoms with Gasteiger partial charge in [0.15, 0.2) is 5.69 Å². The number of hydrogen-bond donors (Lipinski definition) is 0. The van der Waals surface area contributed by atoms with Gasteiger partial charge in [-0.3, -0.25) is 0 Å². The van der Waals surface area contributed by atoms with Gasteiger partial charge in [0, 0.05) is 32.1 Å². The van der Waals surface area contributed by atoms with Crippen LogP contribution in [-0.4, -0.2) is 13.1 Å². The van der Waals surface area contributed by atoms with E-state index >= 15 is 0 Å². The monoisotopic (exact) mass is 281 g/mol. The lowest BCUT2D eigenvalue weighted by molar-refractivity contribution is -0.354. The zero-order valence-electron chi connectivity index (χ0n) is 11.2. The molecule has 2 heterocycles. The van der Waals surface area contributed by atoms with Gasteiger partial charge in [-0.25, -0.2) is 4.98 Å². The first kappa shape index (κ1) is 13.2. The SMILES string of the molecule is Cc1cc(N2CCCC2)c2ccc(C(F)(F)F)cc2[nH+]1. The maximum absolute atomic E-state index is 12.8. The number of anilines is 1. The Morgan fingerprint density at radius 2 is 1.80 bits per heavy atom. The van der Waals surface area contributed by atoms with E-state index < -0.39 is 11.7 Å². The van der Waals surface area contributed by atoms with E-state index in [1.807, 2.05) is 13.0 Å². The number of halogens is 3. The van der Waals surface area contributed by atoms with Gasteiger partial charge < -0.3 is 4.90 Å². The molecule has 1 aliphatic rings. The van der Waals surface area contributed by atoms with Crippen LogP contribution in [0.3, 0.4) is 0 Å². The molecule has 1 saturated heterocycles. The van der Waals surface area contributed by atoms with Crippen molar-refractivity contribution in [1.29, 1.82) is 0 Å². The van der Waals surface area contributed by atoms with Crippen molar-refractivity contribution in [2.45, 2.75) is 25.9 Å². The first-order valence-electron chi connectivity index (χ1n) is 6.74. The van der Waals surface area contributed by atoms with Crippen molar-refractivity contribution in [2.75, 3.05) is 18.0 Å². The first-order chi connectivity index (χ1) is 9.45. The third-order valence-electron chi connectivity index (χ3n) is 3.75. The zero-order valence-corrected chi connectivity index (χ0v) is 11.2. The number of aromatic nitrogens is 1. The normalized spacial score (nSPS) is 16.1. The van der Waals surface area contributed by atoms with Crippen LogP contribution in [0.15, 0.2) is 24.3 Å². The molecule has 2 aromatic rings. The second-order valence-electron chi connectivity index (χ2n) is 5.29. The Morgan fingerprint density at radius 3 is 2.45 bits per heavy atom. The molecule has 2 nitrogen and oxygen atoms in total. The minimum Gasteiger partial charge on any atom is -0.371 e. The second-order valence-corrected chi connectivity index (χ2v) is 5.29. The average Bonchev–Trinajstić information content (AvgIpc) is 2.89. The van der Waals surface area contributed by atoms with E-state index in [9.17, 15) is 13.2 Å². The summed E-state index contributed by atoms with van der Waals surface area (Å²) in [7, 11) is 0. The summed E-state index contributed by atoms with van der Waals surface area (Å²) in [6.07, 6.45) is -2.03. The average molecular weight is 281 g/mol. The molecule has 0 bridgehead atoms. The van der Waals surface area contributed by atoms with Crippen molar-refractivity contribution in [1.82, 2.24) is 0 Å². The Hall–Kier alpha value is -1.78. The number of H-pyrrole nitrogens is 1. The van der Waals surface area contributed by atoms with E-state index in [-0.39, 0.29) is 0 Å². The highest BCUT2D eigenvalue weighted by atomic mass is 19.4. The zero-order chi connectivity index (χ0) is 14.3. The number of aryl methyl sites for hydroxylation is 1. The van der Waals surface area contributed by atoms with E-state index in [0.29, 0.717) is 5.52 Å². The lowest BCUT2D eigenvalue weighted by Crippen LogP contribution is -2.21. The van der Waals surface area contributed by atoms with Gasteiger partial charge in [0.05, 0.1) is 16.6 Å². The van der Waals surface area contributed by atoms with Gasteiger partial charge >= 0.3 is 6.18 Å². The van der Waals surface area contributed by atoms with Crippen LogP contribution in [-0.2, 0) is 6.18 Å². The molecule has 0 saturated carbocycles. The van der Waals surface area contributed by atoms with Crippen molar-refractivity contribution in [3.8, 4) is 0 Å². The molecule has 1 aromatic heterocycles. The third-order valence-corrected chi connectivity index (χ3v) is 3.75. The largest absolute Gasteiger partial charge is 0.416 e. The van der Waals surface area contributed by atoms with Crippen molar-refractivity contribution < 1.29 is 18.2 Å². The van der Waals surface area contributed by atoms with Crippen LogP contribution < -0.4 is 9.88 Å². The molecule has 1 aromatic carbocycles. The van der Waals surface area contributed by atoms with Crippen LogP contribution in [0.1, 0.15) is 24.1 Å². The summed E-state index contributed by atoms with van der Waals surface area (Å²) in [6.45, 7) is 3.82. The first-order valence-corrected chi connectivity index (χ1v) is 6.74. The van der Waals surface area contributed by atoms with Gasteiger partial charge in [-0.2, -0.15) is 13.2 Å². The molecule has 1 aliphatic heterocycles. The molecule has 1 N–H and O–H groups in total. The third kappa shape index (κ3) is 2.32. The number of benzene rings is 1. The lowest BCUT2D eigenvalue weighted by atomic mass is 10.1. The van der Waals surface area contributed by atoms with Crippen LogP contribution in [0.2, 0.25) is 0 Å². The van der Waals surface area contributed by atoms with Gasteiger partial charge in [0.2, 0.25) is 5.52 Å². The van der Waals surface area contributed by atoms with Gasteiger partial charge in [-0.1, -0.05) is 0 Å². The molecule has 0 amide bonds. The van der Waals surface area contributed by atoms with E-state index in [1.165, 1.54) is 6.07 Å². The molecule has 0 radical (unpaired) electrons.